The summed E-state index contributed by atoms with van der Waals surface area (Å²) in [4.78, 5) is 23.2. The highest BCUT2D eigenvalue weighted by molar-refractivity contribution is 5.86. The zero-order chi connectivity index (χ0) is 14.9. The molecule has 1 aromatic heterocycles. The van der Waals surface area contributed by atoms with Gasteiger partial charge in [0.2, 0.25) is 0 Å². The molecular weight excluding hydrogens is 278 g/mol. The summed E-state index contributed by atoms with van der Waals surface area (Å²) in [5.74, 6) is 0.0596. The molecule has 2 aromatic rings. The van der Waals surface area contributed by atoms with Gasteiger partial charge in [-0.15, -0.1) is 0 Å². The molecule has 112 valence electrons. The summed E-state index contributed by atoms with van der Waals surface area (Å²) in [6.07, 6.45) is 4.96. The number of pyridine rings is 1. The van der Waals surface area contributed by atoms with Gasteiger partial charge in [-0.3, -0.25) is 9.78 Å². The largest absolute Gasteiger partial charge is 0.473 e. The molecule has 1 saturated heterocycles. The Bertz CT molecular complexity index is 738. The Labute approximate surface area is 128 Å². The monoisotopic (exact) mass is 295 g/mol. The quantitative estimate of drug-likeness (QED) is 0.854. The predicted octanol–water partition coefficient (Wildman–Crippen LogP) is 2.33. The molecule has 3 heterocycles. The standard InChI is InChI=1S/C17H17N3O2/c21-17(20-7-3-4-8-20)15-16(22-11-19-15)13-9-12-5-1-2-6-14(12)18-10-13/h1-2,5-6,9-11,15-16H,3-4,7-8H2. The third-order valence-electron chi connectivity index (χ3n) is 4.33. The third kappa shape index (κ3) is 2.22. The van der Waals surface area contributed by atoms with E-state index < -0.39 is 6.04 Å². The molecule has 0 aliphatic carbocycles. The van der Waals surface area contributed by atoms with Crippen molar-refractivity contribution in [1.82, 2.24) is 9.88 Å². The molecule has 1 aromatic carbocycles. The van der Waals surface area contributed by atoms with E-state index in [9.17, 15) is 4.79 Å². The van der Waals surface area contributed by atoms with Crippen LogP contribution < -0.4 is 0 Å². The van der Waals surface area contributed by atoms with Gasteiger partial charge in [0, 0.05) is 30.2 Å². The first-order chi connectivity index (χ1) is 10.8. The molecule has 5 heteroatoms. The molecule has 2 aliphatic heterocycles. The predicted molar refractivity (Wildman–Crippen MR) is 83.7 cm³/mol. The van der Waals surface area contributed by atoms with Crippen LogP contribution in [0.4, 0.5) is 0 Å². The van der Waals surface area contributed by atoms with Crippen molar-refractivity contribution >= 4 is 23.2 Å². The Hall–Kier alpha value is -2.43. The molecule has 22 heavy (non-hydrogen) atoms. The first-order valence-electron chi connectivity index (χ1n) is 7.63. The molecule has 0 spiro atoms. The summed E-state index contributed by atoms with van der Waals surface area (Å²) >= 11 is 0. The van der Waals surface area contributed by atoms with Crippen molar-refractivity contribution in [3.05, 3.63) is 42.1 Å². The Morgan fingerprint density at radius 3 is 2.91 bits per heavy atom. The normalized spacial score (nSPS) is 23.9. The van der Waals surface area contributed by atoms with Crippen LogP contribution in [-0.2, 0) is 9.53 Å². The van der Waals surface area contributed by atoms with E-state index in [1.807, 2.05) is 35.2 Å². The molecule has 0 saturated carbocycles. The zero-order valence-electron chi connectivity index (χ0n) is 12.2. The Kier molecular flexibility index (Phi) is 3.25. The number of fused-ring (bicyclic) bond motifs is 1. The van der Waals surface area contributed by atoms with Crippen molar-refractivity contribution in [3.63, 3.8) is 0 Å². The van der Waals surface area contributed by atoms with Crippen LogP contribution in [0.5, 0.6) is 0 Å². The molecular formula is C17H17N3O2. The van der Waals surface area contributed by atoms with E-state index in [4.69, 9.17) is 4.74 Å². The average molecular weight is 295 g/mol. The van der Waals surface area contributed by atoms with Crippen LogP contribution in [0.25, 0.3) is 10.9 Å². The fourth-order valence-electron chi connectivity index (χ4n) is 3.14. The fourth-order valence-corrected chi connectivity index (χ4v) is 3.14. The van der Waals surface area contributed by atoms with E-state index in [1.54, 1.807) is 6.20 Å². The van der Waals surface area contributed by atoms with E-state index in [-0.39, 0.29) is 12.0 Å². The van der Waals surface area contributed by atoms with Gasteiger partial charge >= 0.3 is 0 Å². The number of rotatable bonds is 2. The lowest BCUT2D eigenvalue weighted by Gasteiger charge is -2.22. The van der Waals surface area contributed by atoms with Crippen molar-refractivity contribution < 1.29 is 9.53 Å². The third-order valence-corrected chi connectivity index (χ3v) is 4.33. The van der Waals surface area contributed by atoms with Crippen molar-refractivity contribution in [3.8, 4) is 0 Å². The Balaban J connectivity index is 1.63. The molecule has 0 N–H and O–H groups in total. The second kappa shape index (κ2) is 5.40. The summed E-state index contributed by atoms with van der Waals surface area (Å²) in [6, 6.07) is 9.47. The fraction of sp³-hybridized carbons (Fsp3) is 0.353. The number of hydrogen-bond donors (Lipinski definition) is 0. The highest BCUT2D eigenvalue weighted by Crippen LogP contribution is 2.30. The van der Waals surface area contributed by atoms with Gasteiger partial charge in [0.15, 0.2) is 18.5 Å². The maximum atomic E-state index is 12.6. The molecule has 0 radical (unpaired) electrons. The number of aromatic nitrogens is 1. The summed E-state index contributed by atoms with van der Waals surface area (Å²) in [7, 11) is 0. The molecule has 1 amide bonds. The molecule has 2 aliphatic rings. The van der Waals surface area contributed by atoms with Crippen molar-refractivity contribution in [1.29, 1.82) is 0 Å². The number of carbonyl (C=O) groups is 1. The highest BCUT2D eigenvalue weighted by Gasteiger charge is 2.37. The van der Waals surface area contributed by atoms with E-state index in [1.165, 1.54) is 6.40 Å². The summed E-state index contributed by atoms with van der Waals surface area (Å²) in [5, 5.41) is 1.04. The first kappa shape index (κ1) is 13.2. The van der Waals surface area contributed by atoms with Gasteiger partial charge in [0.1, 0.15) is 0 Å². The topological polar surface area (TPSA) is 54.8 Å². The van der Waals surface area contributed by atoms with E-state index in [2.05, 4.69) is 9.98 Å². The van der Waals surface area contributed by atoms with Crippen molar-refractivity contribution in [2.45, 2.75) is 25.0 Å². The van der Waals surface area contributed by atoms with Gasteiger partial charge in [-0.05, 0) is 25.0 Å². The molecule has 4 rings (SSSR count). The number of hydrogen-bond acceptors (Lipinski definition) is 4. The van der Waals surface area contributed by atoms with E-state index in [0.717, 1.165) is 42.4 Å². The lowest BCUT2D eigenvalue weighted by molar-refractivity contribution is -0.133. The zero-order valence-corrected chi connectivity index (χ0v) is 12.2. The van der Waals surface area contributed by atoms with E-state index in [0.29, 0.717) is 0 Å². The minimum Gasteiger partial charge on any atom is -0.473 e. The summed E-state index contributed by atoms with van der Waals surface area (Å²) in [6.45, 7) is 1.65. The minimum atomic E-state index is -0.485. The number of amides is 1. The van der Waals surface area contributed by atoms with Gasteiger partial charge in [0.05, 0.1) is 5.52 Å². The lowest BCUT2D eigenvalue weighted by Crippen LogP contribution is -2.38. The smallest absolute Gasteiger partial charge is 0.251 e. The second-order valence-electron chi connectivity index (χ2n) is 5.75. The molecule has 1 fully saturated rings. The van der Waals surface area contributed by atoms with Crippen LogP contribution in [0.1, 0.15) is 24.5 Å². The first-order valence-corrected chi connectivity index (χ1v) is 7.63. The van der Waals surface area contributed by atoms with Crippen LogP contribution >= 0.6 is 0 Å². The molecule has 2 unspecified atom stereocenters. The van der Waals surface area contributed by atoms with Gasteiger partial charge in [-0.2, -0.15) is 0 Å². The number of nitrogens with zero attached hydrogens (tertiary/aromatic N) is 3. The van der Waals surface area contributed by atoms with Gasteiger partial charge in [-0.1, -0.05) is 18.2 Å². The van der Waals surface area contributed by atoms with Gasteiger partial charge in [0.25, 0.3) is 5.91 Å². The van der Waals surface area contributed by atoms with Crippen LogP contribution in [0, 0.1) is 0 Å². The Morgan fingerprint density at radius 2 is 2.05 bits per heavy atom. The average Bonchev–Trinajstić information content (AvgIpc) is 3.25. The minimum absolute atomic E-state index is 0.0596. The van der Waals surface area contributed by atoms with Gasteiger partial charge < -0.3 is 9.64 Å². The van der Waals surface area contributed by atoms with Crippen LogP contribution in [0.3, 0.4) is 0 Å². The lowest BCUT2D eigenvalue weighted by atomic mass is 10.0. The van der Waals surface area contributed by atoms with E-state index >= 15 is 0 Å². The number of carbonyl (C=O) groups excluding carboxylic acids is 1. The number of ether oxygens (including phenoxy) is 1. The SMILES string of the molecule is O=C(C1N=COC1c1cnc2ccccc2c1)N1CCCC1. The molecule has 0 bridgehead atoms. The maximum Gasteiger partial charge on any atom is 0.251 e. The summed E-state index contributed by atoms with van der Waals surface area (Å²) < 4.78 is 5.60. The van der Waals surface area contributed by atoms with Crippen LogP contribution in [0.2, 0.25) is 0 Å². The second-order valence-corrected chi connectivity index (χ2v) is 5.75. The van der Waals surface area contributed by atoms with Crippen LogP contribution in [-0.4, -0.2) is 41.3 Å². The molecule has 5 nitrogen and oxygen atoms in total. The summed E-state index contributed by atoms with van der Waals surface area (Å²) in [5.41, 5.74) is 1.83. The van der Waals surface area contributed by atoms with Gasteiger partial charge in [-0.25, -0.2) is 4.99 Å². The highest BCUT2D eigenvalue weighted by atomic mass is 16.5. The maximum absolute atomic E-state index is 12.6. The number of para-hydroxylation sites is 1. The number of likely N-dealkylation sites (tertiary alicyclic amines) is 1. The molecule has 2 atom stereocenters. The van der Waals surface area contributed by atoms with Crippen molar-refractivity contribution in [2.24, 2.45) is 4.99 Å². The Morgan fingerprint density at radius 1 is 1.23 bits per heavy atom. The number of aliphatic imine (C=N–C) groups is 1. The van der Waals surface area contributed by atoms with Crippen LogP contribution in [0.15, 0.2) is 41.5 Å². The number of benzene rings is 1. The van der Waals surface area contributed by atoms with Crippen molar-refractivity contribution in [2.75, 3.05) is 13.1 Å².